The molecule has 0 bridgehead atoms. The number of rotatable bonds is 8. The third-order valence-electron chi connectivity index (χ3n) is 5.88. The van der Waals surface area contributed by atoms with Gasteiger partial charge in [-0.05, 0) is 47.0 Å². The monoisotopic (exact) mass is 546 g/mol. The third-order valence-corrected chi connectivity index (χ3v) is 7.64. The number of nitrogens with two attached hydrogens (primary N) is 1. The minimum Gasteiger partial charge on any atom is -0.497 e. The van der Waals surface area contributed by atoms with Crippen LogP contribution in [0.2, 0.25) is 0 Å². The lowest BCUT2D eigenvalue weighted by molar-refractivity contribution is 0.0691. The van der Waals surface area contributed by atoms with Crippen molar-refractivity contribution in [1.82, 2.24) is 14.8 Å². The number of carboxylic acids is 1. The Morgan fingerprint density at radius 3 is 2.37 bits per heavy atom. The number of hydrogen-bond donors (Lipinski definition) is 2. The molecule has 2 aromatic heterocycles. The Morgan fingerprint density at radius 1 is 1.03 bits per heavy atom. The Balaban J connectivity index is 1.58. The van der Waals surface area contributed by atoms with Gasteiger partial charge in [0.15, 0.2) is 5.69 Å². The lowest BCUT2D eigenvalue weighted by atomic mass is 9.98. The molecule has 5 rings (SSSR count). The largest absolute Gasteiger partial charge is 0.497 e. The summed E-state index contributed by atoms with van der Waals surface area (Å²) in [7, 11) is -2.17. The maximum Gasteiger partial charge on any atom is 0.355 e. The van der Waals surface area contributed by atoms with E-state index in [-0.39, 0.29) is 10.6 Å². The smallest absolute Gasteiger partial charge is 0.355 e. The van der Waals surface area contributed by atoms with Gasteiger partial charge in [-0.3, -0.25) is 0 Å². The van der Waals surface area contributed by atoms with Crippen LogP contribution in [0.15, 0.2) is 89.3 Å². The van der Waals surface area contributed by atoms with Crippen molar-refractivity contribution in [2.24, 2.45) is 5.14 Å². The number of methoxy groups -OCH3 is 1. The number of ether oxygens (including phenoxy) is 1. The molecule has 192 valence electrons. The molecule has 5 aromatic rings. The standard InChI is InChI=1S/C27H22N4O5S2/c1-36-22-7-3-5-19(14-22)18-4-2-6-20(13-18)25-21(12-17-8-10-23(11-9-17)38(28,34)35)15-31(30-25)27-29-24(16-37-27)26(32)33/h2-11,13-16H,12H2,1H3,(H,32,33)(H2,28,34,35). The second-order valence-electron chi connectivity index (χ2n) is 8.45. The molecule has 0 saturated carbocycles. The van der Waals surface area contributed by atoms with Crippen LogP contribution in [0.3, 0.4) is 0 Å². The summed E-state index contributed by atoms with van der Waals surface area (Å²) in [6, 6.07) is 22.0. The first kappa shape index (κ1) is 25.3. The summed E-state index contributed by atoms with van der Waals surface area (Å²) in [4.78, 5) is 15.6. The summed E-state index contributed by atoms with van der Waals surface area (Å²) in [5.41, 5.74) is 5.16. The van der Waals surface area contributed by atoms with E-state index in [4.69, 9.17) is 15.0 Å². The second-order valence-corrected chi connectivity index (χ2v) is 10.8. The lowest BCUT2D eigenvalue weighted by Crippen LogP contribution is -2.11. The van der Waals surface area contributed by atoms with Crippen LogP contribution in [-0.2, 0) is 16.4 Å². The third kappa shape index (κ3) is 5.35. The van der Waals surface area contributed by atoms with Crippen LogP contribution in [0, 0.1) is 0 Å². The van der Waals surface area contributed by atoms with Crippen LogP contribution >= 0.6 is 11.3 Å². The number of primary sulfonamides is 1. The second kappa shape index (κ2) is 10.2. The molecule has 3 N–H and O–H groups in total. The first-order chi connectivity index (χ1) is 18.2. The van der Waals surface area contributed by atoms with Gasteiger partial charge in [0.05, 0.1) is 17.7 Å². The summed E-state index contributed by atoms with van der Waals surface area (Å²) < 4.78 is 30.2. The van der Waals surface area contributed by atoms with Crippen molar-refractivity contribution >= 4 is 27.3 Å². The maximum absolute atomic E-state index is 11.6. The van der Waals surface area contributed by atoms with Crippen LogP contribution in [0.5, 0.6) is 5.75 Å². The molecule has 3 aromatic carbocycles. The lowest BCUT2D eigenvalue weighted by Gasteiger charge is -2.08. The van der Waals surface area contributed by atoms with Crippen LogP contribution < -0.4 is 9.88 Å². The van der Waals surface area contributed by atoms with Gasteiger partial charge in [0.25, 0.3) is 0 Å². The Bertz CT molecular complexity index is 1740. The van der Waals surface area contributed by atoms with Crippen molar-refractivity contribution in [1.29, 1.82) is 0 Å². The number of aromatic carboxylic acids is 1. The Morgan fingerprint density at radius 2 is 1.71 bits per heavy atom. The van der Waals surface area contributed by atoms with Crippen LogP contribution in [0.1, 0.15) is 21.6 Å². The average molecular weight is 547 g/mol. The number of nitrogens with zero attached hydrogens (tertiary/aromatic N) is 3. The van der Waals surface area contributed by atoms with Gasteiger partial charge in [0.1, 0.15) is 5.75 Å². The minimum absolute atomic E-state index is 0.0344. The minimum atomic E-state index is -3.80. The van der Waals surface area contributed by atoms with E-state index < -0.39 is 16.0 Å². The van der Waals surface area contributed by atoms with Crippen LogP contribution in [0.25, 0.3) is 27.5 Å². The van der Waals surface area contributed by atoms with E-state index in [1.165, 1.54) is 28.8 Å². The SMILES string of the molecule is COc1cccc(-c2cccc(-c3nn(-c4nc(C(=O)O)cs4)cc3Cc3ccc(S(N)(=O)=O)cc3)c2)c1. The molecule has 0 radical (unpaired) electrons. The highest BCUT2D eigenvalue weighted by molar-refractivity contribution is 7.89. The van der Waals surface area contributed by atoms with Gasteiger partial charge in [-0.2, -0.15) is 5.10 Å². The Kier molecular flexibility index (Phi) is 6.81. The highest BCUT2D eigenvalue weighted by Crippen LogP contribution is 2.31. The molecule has 0 aliphatic rings. The van der Waals surface area contributed by atoms with Gasteiger partial charge >= 0.3 is 5.97 Å². The number of carboxylic acid groups (broad SMARTS) is 1. The Hall–Kier alpha value is -4.32. The summed E-state index contributed by atoms with van der Waals surface area (Å²) in [5.74, 6) is -0.361. The number of benzene rings is 3. The summed E-state index contributed by atoms with van der Waals surface area (Å²) in [6.45, 7) is 0. The number of sulfonamides is 1. The van der Waals surface area contributed by atoms with Gasteiger partial charge in [-0.1, -0.05) is 42.5 Å². The van der Waals surface area contributed by atoms with E-state index in [0.717, 1.165) is 33.6 Å². The van der Waals surface area contributed by atoms with Gasteiger partial charge < -0.3 is 9.84 Å². The fraction of sp³-hybridized carbons (Fsp3) is 0.0741. The Labute approximate surface area is 222 Å². The fourth-order valence-corrected chi connectivity index (χ4v) is 5.25. The number of aromatic nitrogens is 3. The quantitative estimate of drug-likeness (QED) is 0.290. The molecule has 38 heavy (non-hydrogen) atoms. The summed E-state index contributed by atoms with van der Waals surface area (Å²) in [5, 5.41) is 21.2. The van der Waals surface area contributed by atoms with Crippen LogP contribution in [-0.4, -0.2) is 41.4 Å². The zero-order valence-electron chi connectivity index (χ0n) is 20.1. The molecule has 9 nitrogen and oxygen atoms in total. The molecule has 2 heterocycles. The molecule has 0 aliphatic carbocycles. The van der Waals surface area contributed by atoms with Crippen molar-refractivity contribution in [2.45, 2.75) is 11.3 Å². The predicted molar refractivity (Wildman–Crippen MR) is 144 cm³/mol. The normalized spacial score (nSPS) is 11.4. The highest BCUT2D eigenvalue weighted by atomic mass is 32.2. The molecule has 0 atom stereocenters. The van der Waals surface area contributed by atoms with E-state index in [0.29, 0.717) is 17.2 Å². The molecule has 11 heteroatoms. The average Bonchev–Trinajstić information content (AvgIpc) is 3.57. The molecule has 0 amide bonds. The molecule has 0 fully saturated rings. The topological polar surface area (TPSA) is 137 Å². The van der Waals surface area contributed by atoms with Crippen LogP contribution in [0.4, 0.5) is 0 Å². The van der Waals surface area contributed by atoms with Gasteiger partial charge in [0.2, 0.25) is 15.2 Å². The van der Waals surface area contributed by atoms with Crippen molar-refractivity contribution in [2.75, 3.05) is 7.11 Å². The predicted octanol–water partition coefficient (Wildman–Crippen LogP) is 4.61. The van der Waals surface area contributed by atoms with Gasteiger partial charge in [-0.25, -0.2) is 28.0 Å². The number of carbonyl (C=O) groups is 1. The molecule has 0 saturated heterocycles. The number of hydrogen-bond acceptors (Lipinski definition) is 7. The zero-order chi connectivity index (χ0) is 26.9. The summed E-state index contributed by atoms with van der Waals surface area (Å²) in [6.07, 6.45) is 2.26. The van der Waals surface area contributed by atoms with Gasteiger partial charge in [-0.15, -0.1) is 11.3 Å². The highest BCUT2D eigenvalue weighted by Gasteiger charge is 2.17. The van der Waals surface area contributed by atoms with Crippen molar-refractivity contribution in [3.05, 3.63) is 101 Å². The van der Waals surface area contributed by atoms with E-state index in [1.54, 1.807) is 23.9 Å². The first-order valence-electron chi connectivity index (χ1n) is 11.4. The van der Waals surface area contributed by atoms with Gasteiger partial charge in [0, 0.05) is 29.1 Å². The number of thiazole rings is 1. The van der Waals surface area contributed by atoms with Crippen molar-refractivity contribution in [3.63, 3.8) is 0 Å². The zero-order valence-corrected chi connectivity index (χ0v) is 21.7. The molecule has 0 aliphatic heterocycles. The van der Waals surface area contributed by atoms with Crippen molar-refractivity contribution in [3.8, 4) is 33.3 Å². The first-order valence-corrected chi connectivity index (χ1v) is 13.8. The van der Waals surface area contributed by atoms with E-state index in [9.17, 15) is 18.3 Å². The van der Waals surface area contributed by atoms with E-state index in [1.807, 2.05) is 54.7 Å². The molecule has 0 unspecified atom stereocenters. The fourth-order valence-electron chi connectivity index (χ4n) is 4.01. The van der Waals surface area contributed by atoms with E-state index >= 15 is 0 Å². The van der Waals surface area contributed by atoms with E-state index in [2.05, 4.69) is 4.98 Å². The maximum atomic E-state index is 11.6. The molecular formula is C27H22N4O5S2. The molecule has 0 spiro atoms. The molecular weight excluding hydrogens is 524 g/mol. The summed E-state index contributed by atoms with van der Waals surface area (Å²) >= 11 is 1.18. The van der Waals surface area contributed by atoms with Crippen molar-refractivity contribution < 1.29 is 23.1 Å².